The minimum atomic E-state index is -0.938. The van der Waals surface area contributed by atoms with Gasteiger partial charge in [0.25, 0.3) is 0 Å². The number of pyridine rings is 1. The summed E-state index contributed by atoms with van der Waals surface area (Å²) in [6, 6.07) is 7.69. The summed E-state index contributed by atoms with van der Waals surface area (Å²) in [5, 5.41) is 9.41. The van der Waals surface area contributed by atoms with Gasteiger partial charge in [-0.25, -0.2) is 4.39 Å². The number of hydrogen-bond acceptors (Lipinski definition) is 2. The second-order valence-corrected chi connectivity index (χ2v) is 5.49. The van der Waals surface area contributed by atoms with Gasteiger partial charge in [0.15, 0.2) is 0 Å². The zero-order valence-electron chi connectivity index (χ0n) is 10.8. The molecule has 20 heavy (non-hydrogen) atoms. The first-order valence-electron chi connectivity index (χ1n) is 6.06. The van der Waals surface area contributed by atoms with Gasteiger partial charge in [0.05, 0.1) is 5.69 Å². The van der Waals surface area contributed by atoms with Gasteiger partial charge in [0.2, 0.25) is 0 Å². The molecule has 0 aliphatic heterocycles. The number of rotatable bonds is 4. The van der Waals surface area contributed by atoms with Crippen LogP contribution in [0, 0.1) is 12.7 Å². The molecular weight excluding hydrogens is 325 g/mol. The van der Waals surface area contributed by atoms with E-state index < -0.39 is 11.9 Å². The Balaban J connectivity index is 2.31. The molecule has 1 aromatic heterocycles. The number of aliphatic carboxylic acids is 1. The Morgan fingerprint density at radius 1 is 1.40 bits per heavy atom. The number of carboxylic acid groups (broad SMARTS) is 1. The monoisotopic (exact) mass is 337 g/mol. The molecule has 0 fully saturated rings. The second kappa shape index (κ2) is 6.13. The number of halogens is 2. The minimum Gasteiger partial charge on any atom is -0.481 e. The van der Waals surface area contributed by atoms with Crippen molar-refractivity contribution in [1.29, 1.82) is 0 Å². The van der Waals surface area contributed by atoms with E-state index in [2.05, 4.69) is 20.9 Å². The lowest BCUT2D eigenvalue weighted by Crippen LogP contribution is -2.17. The van der Waals surface area contributed by atoms with Crippen molar-refractivity contribution in [3.63, 3.8) is 0 Å². The molecule has 2 rings (SSSR count). The molecule has 1 atom stereocenters. The standard InChI is InChI=1S/C15H13BrFNO2/c1-9-6-11(16)8-18-14(9)13(15(19)20)7-10-2-4-12(17)5-3-10/h2-6,8,13H,7H2,1H3,(H,19,20). The van der Waals surface area contributed by atoms with Gasteiger partial charge in [0, 0.05) is 10.7 Å². The molecule has 0 saturated carbocycles. The minimum absolute atomic E-state index is 0.283. The fraction of sp³-hybridized carbons (Fsp3) is 0.200. The maximum Gasteiger partial charge on any atom is 0.312 e. The molecule has 1 aromatic carbocycles. The quantitative estimate of drug-likeness (QED) is 0.925. The average molecular weight is 338 g/mol. The number of aryl methyl sites for hydroxylation is 1. The number of benzene rings is 1. The maximum absolute atomic E-state index is 12.9. The van der Waals surface area contributed by atoms with Gasteiger partial charge in [-0.15, -0.1) is 0 Å². The summed E-state index contributed by atoms with van der Waals surface area (Å²) in [6.45, 7) is 1.83. The van der Waals surface area contributed by atoms with Crippen LogP contribution in [0.2, 0.25) is 0 Å². The molecular formula is C15H13BrFNO2. The first kappa shape index (κ1) is 14.7. The number of nitrogens with zero attached hydrogens (tertiary/aromatic N) is 1. The van der Waals surface area contributed by atoms with Crippen LogP contribution in [0.5, 0.6) is 0 Å². The van der Waals surface area contributed by atoms with E-state index in [1.165, 1.54) is 12.1 Å². The van der Waals surface area contributed by atoms with E-state index in [1.807, 2.05) is 13.0 Å². The summed E-state index contributed by atoms with van der Waals surface area (Å²) in [6.07, 6.45) is 1.87. The van der Waals surface area contributed by atoms with Crippen LogP contribution in [0.15, 0.2) is 41.0 Å². The largest absolute Gasteiger partial charge is 0.481 e. The molecule has 0 radical (unpaired) electrons. The van der Waals surface area contributed by atoms with Gasteiger partial charge >= 0.3 is 5.97 Å². The average Bonchev–Trinajstić information content (AvgIpc) is 2.39. The van der Waals surface area contributed by atoms with Crippen LogP contribution in [-0.2, 0) is 11.2 Å². The molecule has 2 aromatic rings. The van der Waals surface area contributed by atoms with Crippen molar-refractivity contribution in [2.24, 2.45) is 0 Å². The lowest BCUT2D eigenvalue weighted by atomic mass is 9.93. The van der Waals surface area contributed by atoms with Crippen LogP contribution in [0.3, 0.4) is 0 Å². The van der Waals surface area contributed by atoms with Crippen molar-refractivity contribution in [3.05, 3.63) is 63.6 Å². The summed E-state index contributed by atoms with van der Waals surface area (Å²) in [5.74, 6) is -2.01. The molecule has 0 aliphatic carbocycles. The van der Waals surface area contributed by atoms with Crippen LogP contribution in [0.4, 0.5) is 4.39 Å². The maximum atomic E-state index is 12.9. The lowest BCUT2D eigenvalue weighted by Gasteiger charge is -2.14. The van der Waals surface area contributed by atoms with E-state index in [9.17, 15) is 14.3 Å². The van der Waals surface area contributed by atoms with Crippen molar-refractivity contribution in [2.75, 3.05) is 0 Å². The topological polar surface area (TPSA) is 50.2 Å². The van der Waals surface area contributed by atoms with E-state index in [1.54, 1.807) is 18.3 Å². The van der Waals surface area contributed by atoms with Crippen LogP contribution in [0.25, 0.3) is 0 Å². The van der Waals surface area contributed by atoms with Gasteiger partial charge in [-0.3, -0.25) is 9.78 Å². The highest BCUT2D eigenvalue weighted by atomic mass is 79.9. The van der Waals surface area contributed by atoms with E-state index in [0.717, 1.165) is 15.6 Å². The van der Waals surface area contributed by atoms with Gasteiger partial charge in [-0.2, -0.15) is 0 Å². The zero-order chi connectivity index (χ0) is 14.7. The van der Waals surface area contributed by atoms with Crippen LogP contribution >= 0.6 is 15.9 Å². The predicted molar refractivity (Wildman–Crippen MR) is 77.2 cm³/mol. The van der Waals surface area contributed by atoms with E-state index in [0.29, 0.717) is 5.69 Å². The number of hydrogen-bond donors (Lipinski definition) is 1. The second-order valence-electron chi connectivity index (χ2n) is 4.58. The molecule has 0 spiro atoms. The third kappa shape index (κ3) is 3.42. The predicted octanol–water partition coefficient (Wildman–Crippen LogP) is 3.70. The highest BCUT2D eigenvalue weighted by Gasteiger charge is 2.23. The Kier molecular flexibility index (Phi) is 4.49. The SMILES string of the molecule is Cc1cc(Br)cnc1C(Cc1ccc(F)cc1)C(=O)O. The number of carboxylic acids is 1. The Morgan fingerprint density at radius 2 is 2.05 bits per heavy atom. The Hall–Kier alpha value is -1.75. The third-order valence-electron chi connectivity index (χ3n) is 3.07. The molecule has 1 N–H and O–H groups in total. The lowest BCUT2D eigenvalue weighted by molar-refractivity contribution is -0.138. The molecule has 5 heteroatoms. The number of carbonyl (C=O) groups is 1. The summed E-state index contributed by atoms with van der Waals surface area (Å²) in [4.78, 5) is 15.7. The Labute approximate surface area is 124 Å². The number of aromatic nitrogens is 1. The van der Waals surface area contributed by atoms with Crippen molar-refractivity contribution in [1.82, 2.24) is 4.98 Å². The first-order valence-corrected chi connectivity index (χ1v) is 6.86. The Morgan fingerprint density at radius 3 is 2.60 bits per heavy atom. The summed E-state index contributed by atoms with van der Waals surface area (Å²) < 4.78 is 13.7. The van der Waals surface area contributed by atoms with Crippen LogP contribution in [-0.4, -0.2) is 16.1 Å². The molecule has 3 nitrogen and oxygen atoms in total. The first-order chi connectivity index (χ1) is 9.47. The molecule has 1 heterocycles. The fourth-order valence-electron chi connectivity index (χ4n) is 2.07. The molecule has 0 amide bonds. The van der Waals surface area contributed by atoms with Gasteiger partial charge in [0.1, 0.15) is 11.7 Å². The van der Waals surface area contributed by atoms with Crippen molar-refractivity contribution in [2.45, 2.75) is 19.3 Å². The van der Waals surface area contributed by atoms with Crippen molar-refractivity contribution in [3.8, 4) is 0 Å². The fourth-order valence-corrected chi connectivity index (χ4v) is 2.52. The smallest absolute Gasteiger partial charge is 0.312 e. The summed E-state index contributed by atoms with van der Waals surface area (Å²) in [5.41, 5.74) is 2.11. The summed E-state index contributed by atoms with van der Waals surface area (Å²) >= 11 is 3.31. The molecule has 0 saturated heterocycles. The Bertz CT molecular complexity index is 628. The van der Waals surface area contributed by atoms with Gasteiger partial charge in [-0.1, -0.05) is 12.1 Å². The van der Waals surface area contributed by atoms with Crippen LogP contribution < -0.4 is 0 Å². The van der Waals surface area contributed by atoms with E-state index in [-0.39, 0.29) is 12.2 Å². The van der Waals surface area contributed by atoms with E-state index in [4.69, 9.17) is 0 Å². The highest BCUT2D eigenvalue weighted by Crippen LogP contribution is 2.24. The van der Waals surface area contributed by atoms with Gasteiger partial charge < -0.3 is 5.11 Å². The van der Waals surface area contributed by atoms with Crippen molar-refractivity contribution >= 4 is 21.9 Å². The van der Waals surface area contributed by atoms with E-state index >= 15 is 0 Å². The van der Waals surface area contributed by atoms with Crippen molar-refractivity contribution < 1.29 is 14.3 Å². The molecule has 1 unspecified atom stereocenters. The third-order valence-corrected chi connectivity index (χ3v) is 3.50. The highest BCUT2D eigenvalue weighted by molar-refractivity contribution is 9.10. The normalized spacial score (nSPS) is 12.2. The van der Waals surface area contributed by atoms with Crippen LogP contribution in [0.1, 0.15) is 22.7 Å². The van der Waals surface area contributed by atoms with Gasteiger partial charge in [-0.05, 0) is 58.6 Å². The molecule has 104 valence electrons. The molecule has 0 bridgehead atoms. The zero-order valence-corrected chi connectivity index (χ0v) is 12.4. The molecule has 0 aliphatic rings. The summed E-state index contributed by atoms with van der Waals surface area (Å²) in [7, 11) is 0.